The highest BCUT2D eigenvalue weighted by atomic mass is 127. The number of aliphatic imine (C=N–C) groups is 1. The maximum absolute atomic E-state index is 12.3. The Morgan fingerprint density at radius 2 is 1.80 bits per heavy atom. The van der Waals surface area contributed by atoms with E-state index in [0.29, 0.717) is 6.42 Å². The highest BCUT2D eigenvalue weighted by Gasteiger charge is 2.24. The van der Waals surface area contributed by atoms with E-state index in [4.69, 9.17) is 5.73 Å². The molecule has 2 rings (SSSR count). The van der Waals surface area contributed by atoms with Crippen molar-refractivity contribution < 1.29 is 9.59 Å². The molecule has 2 heterocycles. The number of primary amides is 1. The molecule has 0 bridgehead atoms. The fourth-order valence-corrected chi connectivity index (χ4v) is 3.52. The van der Waals surface area contributed by atoms with Crippen molar-refractivity contribution in [1.29, 1.82) is 0 Å². The number of piperidine rings is 2. The molecule has 144 valence electrons. The summed E-state index contributed by atoms with van der Waals surface area (Å²) in [4.78, 5) is 32.1. The van der Waals surface area contributed by atoms with Crippen molar-refractivity contribution >= 4 is 41.8 Å². The number of likely N-dealkylation sites (tertiary alicyclic amines) is 2. The van der Waals surface area contributed by atoms with Crippen molar-refractivity contribution in [2.45, 2.75) is 45.4 Å². The normalized spacial score (nSPS) is 21.5. The van der Waals surface area contributed by atoms with Gasteiger partial charge in [-0.05, 0) is 44.9 Å². The maximum atomic E-state index is 12.3. The fraction of sp³-hybridized carbons (Fsp3) is 0.824. The predicted octanol–water partition coefficient (Wildman–Crippen LogP) is 1.17. The van der Waals surface area contributed by atoms with Gasteiger partial charge in [-0.3, -0.25) is 9.59 Å². The summed E-state index contributed by atoms with van der Waals surface area (Å²) >= 11 is 0. The molecule has 0 aliphatic carbocycles. The maximum Gasteiger partial charge on any atom is 0.244 e. The van der Waals surface area contributed by atoms with Gasteiger partial charge in [0.1, 0.15) is 6.54 Å². The van der Waals surface area contributed by atoms with E-state index >= 15 is 0 Å². The minimum atomic E-state index is -0.246. The minimum absolute atomic E-state index is 0. The molecule has 2 aliphatic rings. The summed E-state index contributed by atoms with van der Waals surface area (Å²) in [7, 11) is 0. The van der Waals surface area contributed by atoms with E-state index in [1.165, 1.54) is 6.42 Å². The van der Waals surface area contributed by atoms with Crippen LogP contribution >= 0.6 is 24.0 Å². The molecule has 2 amide bonds. The van der Waals surface area contributed by atoms with Crippen LogP contribution in [-0.4, -0.2) is 66.8 Å². The van der Waals surface area contributed by atoms with Crippen LogP contribution < -0.4 is 11.1 Å². The fourth-order valence-electron chi connectivity index (χ4n) is 3.52. The van der Waals surface area contributed by atoms with Gasteiger partial charge in [-0.25, -0.2) is 4.99 Å². The van der Waals surface area contributed by atoms with Crippen LogP contribution in [0.3, 0.4) is 0 Å². The first-order chi connectivity index (χ1) is 11.6. The first-order valence-electron chi connectivity index (χ1n) is 9.19. The number of hydrogen-bond donors (Lipinski definition) is 2. The van der Waals surface area contributed by atoms with Crippen molar-refractivity contribution in [3.8, 4) is 0 Å². The zero-order valence-corrected chi connectivity index (χ0v) is 17.5. The second kappa shape index (κ2) is 11.5. The average Bonchev–Trinajstić information content (AvgIpc) is 2.58. The predicted molar refractivity (Wildman–Crippen MR) is 110 cm³/mol. The largest absolute Gasteiger partial charge is 0.370 e. The summed E-state index contributed by atoms with van der Waals surface area (Å²) < 4.78 is 0. The Bertz CT molecular complexity index is 466. The number of rotatable bonds is 5. The lowest BCUT2D eigenvalue weighted by atomic mass is 9.95. The summed E-state index contributed by atoms with van der Waals surface area (Å²) in [6.07, 6.45) is 5.86. The summed E-state index contributed by atoms with van der Waals surface area (Å²) in [5, 5.41) is 3.27. The second-order valence-corrected chi connectivity index (χ2v) is 6.74. The number of carbonyl (C=O) groups is 2. The van der Waals surface area contributed by atoms with Crippen LogP contribution in [0.5, 0.6) is 0 Å². The minimum Gasteiger partial charge on any atom is -0.370 e. The number of halogens is 1. The molecule has 0 aromatic carbocycles. The van der Waals surface area contributed by atoms with Crippen LogP contribution in [0, 0.1) is 5.92 Å². The van der Waals surface area contributed by atoms with Gasteiger partial charge in [-0.2, -0.15) is 0 Å². The first kappa shape index (κ1) is 22.0. The number of nitrogens with two attached hydrogens (primary N) is 1. The molecule has 0 aromatic heterocycles. The molecule has 25 heavy (non-hydrogen) atoms. The van der Waals surface area contributed by atoms with Gasteiger partial charge in [0.15, 0.2) is 5.96 Å². The molecule has 0 saturated carbocycles. The van der Waals surface area contributed by atoms with Gasteiger partial charge in [0.25, 0.3) is 0 Å². The Hall–Kier alpha value is -1.06. The summed E-state index contributed by atoms with van der Waals surface area (Å²) in [5.74, 6) is 0.912. The molecule has 8 heteroatoms. The summed E-state index contributed by atoms with van der Waals surface area (Å²) in [6.45, 7) is 6.36. The van der Waals surface area contributed by atoms with Crippen molar-refractivity contribution in [3.05, 3.63) is 0 Å². The number of nitrogens with zero attached hydrogens (tertiary/aromatic N) is 3. The lowest BCUT2D eigenvalue weighted by molar-refractivity contribution is -0.130. The molecule has 2 aliphatic heterocycles. The van der Waals surface area contributed by atoms with Crippen LogP contribution in [0.4, 0.5) is 0 Å². The highest BCUT2D eigenvalue weighted by Crippen LogP contribution is 2.19. The summed E-state index contributed by atoms with van der Waals surface area (Å²) in [6, 6.07) is 0. The number of guanidine groups is 1. The van der Waals surface area contributed by atoms with E-state index in [2.05, 4.69) is 15.2 Å². The number of hydrogen-bond acceptors (Lipinski definition) is 3. The van der Waals surface area contributed by atoms with Gasteiger partial charge < -0.3 is 20.9 Å². The first-order valence-corrected chi connectivity index (χ1v) is 9.19. The van der Waals surface area contributed by atoms with Gasteiger partial charge in [-0.15, -0.1) is 24.0 Å². The third kappa shape index (κ3) is 7.37. The van der Waals surface area contributed by atoms with Crippen molar-refractivity contribution in [1.82, 2.24) is 15.1 Å². The SMILES string of the molecule is CCNC(=NCC(=O)N1CCCCC1)N1CCCC(CC(N)=O)C1.I. The molecule has 0 aromatic rings. The van der Waals surface area contributed by atoms with E-state index in [1.807, 2.05) is 11.8 Å². The van der Waals surface area contributed by atoms with E-state index in [1.54, 1.807) is 0 Å². The number of amides is 2. The quantitative estimate of drug-likeness (QED) is 0.363. The highest BCUT2D eigenvalue weighted by molar-refractivity contribution is 14.0. The van der Waals surface area contributed by atoms with Crippen molar-refractivity contribution in [3.63, 3.8) is 0 Å². The van der Waals surface area contributed by atoms with Crippen LogP contribution in [0.1, 0.15) is 45.4 Å². The van der Waals surface area contributed by atoms with Crippen LogP contribution in [0.15, 0.2) is 4.99 Å². The standard InChI is InChI=1S/C17H31N5O2.HI/c1-2-19-17(20-12-16(24)21-8-4-3-5-9-21)22-10-6-7-14(13-22)11-15(18)23;/h14H,2-13H2,1H3,(H2,18,23)(H,19,20);1H. The average molecular weight is 465 g/mol. The second-order valence-electron chi connectivity index (χ2n) is 6.74. The summed E-state index contributed by atoms with van der Waals surface area (Å²) in [5.41, 5.74) is 5.33. The molecule has 0 spiro atoms. The molecule has 2 fully saturated rings. The molecule has 1 atom stereocenters. The zero-order valence-electron chi connectivity index (χ0n) is 15.2. The lowest BCUT2D eigenvalue weighted by Crippen LogP contribution is -2.47. The van der Waals surface area contributed by atoms with Gasteiger partial charge in [-0.1, -0.05) is 0 Å². The van der Waals surface area contributed by atoms with E-state index in [0.717, 1.165) is 64.4 Å². The molecule has 7 nitrogen and oxygen atoms in total. The van der Waals surface area contributed by atoms with Crippen molar-refractivity contribution in [2.75, 3.05) is 39.3 Å². The smallest absolute Gasteiger partial charge is 0.244 e. The van der Waals surface area contributed by atoms with Crippen LogP contribution in [0.25, 0.3) is 0 Å². The number of carbonyl (C=O) groups excluding carboxylic acids is 2. The third-order valence-corrected chi connectivity index (χ3v) is 4.72. The molecular weight excluding hydrogens is 433 g/mol. The van der Waals surface area contributed by atoms with Gasteiger partial charge in [0.05, 0.1) is 0 Å². The van der Waals surface area contributed by atoms with Gasteiger partial charge >= 0.3 is 0 Å². The molecular formula is C17H32IN5O2. The Morgan fingerprint density at radius 3 is 2.44 bits per heavy atom. The third-order valence-electron chi connectivity index (χ3n) is 4.72. The Morgan fingerprint density at radius 1 is 1.12 bits per heavy atom. The molecule has 3 N–H and O–H groups in total. The van der Waals surface area contributed by atoms with Crippen LogP contribution in [-0.2, 0) is 9.59 Å². The Kier molecular flexibility index (Phi) is 10.1. The molecule has 2 saturated heterocycles. The van der Waals surface area contributed by atoms with Gasteiger partial charge in [0, 0.05) is 39.1 Å². The monoisotopic (exact) mass is 465 g/mol. The van der Waals surface area contributed by atoms with Gasteiger partial charge in [0.2, 0.25) is 11.8 Å². The van der Waals surface area contributed by atoms with E-state index in [-0.39, 0.29) is 48.3 Å². The topological polar surface area (TPSA) is 91.0 Å². The molecule has 1 unspecified atom stereocenters. The van der Waals surface area contributed by atoms with E-state index in [9.17, 15) is 9.59 Å². The molecule has 0 radical (unpaired) electrons. The Labute approximate surface area is 167 Å². The van der Waals surface area contributed by atoms with Crippen LogP contribution in [0.2, 0.25) is 0 Å². The number of nitrogens with one attached hydrogen (secondary N) is 1. The lowest BCUT2D eigenvalue weighted by Gasteiger charge is -2.34. The van der Waals surface area contributed by atoms with Crippen molar-refractivity contribution in [2.24, 2.45) is 16.6 Å². The van der Waals surface area contributed by atoms with E-state index < -0.39 is 0 Å². The Balaban J connectivity index is 0.00000312. The zero-order chi connectivity index (χ0) is 17.4.